The molecule has 5 heteroatoms. The van der Waals surface area contributed by atoms with E-state index in [0.29, 0.717) is 18.4 Å². The molecule has 0 amide bonds. The zero-order valence-electron chi connectivity index (χ0n) is 20.3. The molecule has 2 aromatic rings. The molecule has 1 unspecified atom stereocenters. The second-order valence-corrected chi connectivity index (χ2v) is 10.8. The lowest BCUT2D eigenvalue weighted by Gasteiger charge is -2.51. The molecular weight excluding hydrogens is 424 g/mol. The number of rotatable bonds is 7. The zero-order chi connectivity index (χ0) is 23.5. The Hall–Kier alpha value is -2.50. The van der Waals surface area contributed by atoms with Gasteiger partial charge < -0.3 is 9.22 Å². The number of ether oxygens (including phenoxy) is 1. The van der Waals surface area contributed by atoms with Crippen LogP contribution in [0.4, 0.5) is 0 Å². The summed E-state index contributed by atoms with van der Waals surface area (Å²) in [5.74, 6) is 1.19. The van der Waals surface area contributed by atoms with Crippen molar-refractivity contribution in [2.45, 2.75) is 44.8 Å². The molecule has 0 aromatic heterocycles. The lowest BCUT2D eigenvalue weighted by atomic mass is 9.82. The molecule has 4 aliphatic rings. The average molecular weight is 462 g/mol. The van der Waals surface area contributed by atoms with Gasteiger partial charge in [0.2, 0.25) is 5.78 Å². The molecule has 6 rings (SSSR count). The Balaban J connectivity index is 1.30. The van der Waals surface area contributed by atoms with Gasteiger partial charge in [0.1, 0.15) is 19.1 Å². The molecule has 0 aliphatic carbocycles. The van der Waals surface area contributed by atoms with Crippen molar-refractivity contribution >= 4 is 11.8 Å². The highest BCUT2D eigenvalue weighted by molar-refractivity contribution is 5.97. The second kappa shape index (κ2) is 10.0. The van der Waals surface area contributed by atoms with E-state index in [-0.39, 0.29) is 23.9 Å². The second-order valence-electron chi connectivity index (χ2n) is 10.8. The van der Waals surface area contributed by atoms with Gasteiger partial charge in [-0.2, -0.15) is 0 Å². The van der Waals surface area contributed by atoms with E-state index >= 15 is 0 Å². The molecule has 34 heavy (non-hydrogen) atoms. The molecule has 4 saturated heterocycles. The van der Waals surface area contributed by atoms with Crippen LogP contribution in [0, 0.1) is 11.8 Å². The fourth-order valence-electron chi connectivity index (χ4n) is 6.23. The molecule has 2 bridgehead atoms. The first-order chi connectivity index (χ1) is 16.5. The molecule has 0 spiro atoms. The Morgan fingerprint density at radius 2 is 1.56 bits per heavy atom. The third kappa shape index (κ3) is 4.96. The summed E-state index contributed by atoms with van der Waals surface area (Å²) in [5.41, 5.74) is 1.80. The van der Waals surface area contributed by atoms with Crippen LogP contribution in [0.15, 0.2) is 60.7 Å². The Labute approximate surface area is 203 Å². The molecular formula is C29H37N2O3+. The predicted octanol–water partition coefficient (Wildman–Crippen LogP) is 4.49. The van der Waals surface area contributed by atoms with Crippen LogP contribution >= 0.6 is 0 Å². The molecule has 180 valence electrons. The summed E-state index contributed by atoms with van der Waals surface area (Å²) in [6.45, 7) is 7.41. The number of likely N-dealkylation sites (tertiary alicyclic amines) is 1. The number of hydrogen-bond donors (Lipinski definition) is 0. The van der Waals surface area contributed by atoms with Gasteiger partial charge in [0.15, 0.2) is 6.10 Å². The van der Waals surface area contributed by atoms with Crippen LogP contribution in [0.3, 0.4) is 0 Å². The van der Waals surface area contributed by atoms with E-state index in [1.165, 1.54) is 0 Å². The molecule has 4 aliphatic heterocycles. The Bertz CT molecular complexity index is 977. The Morgan fingerprint density at radius 3 is 2.21 bits per heavy atom. The molecule has 2 atom stereocenters. The summed E-state index contributed by atoms with van der Waals surface area (Å²) in [6.07, 6.45) is 4.18. The van der Waals surface area contributed by atoms with Gasteiger partial charge in [0, 0.05) is 24.3 Å². The number of benzene rings is 2. The van der Waals surface area contributed by atoms with Crippen molar-refractivity contribution in [3.05, 3.63) is 71.8 Å². The van der Waals surface area contributed by atoms with Crippen LogP contribution in [0.5, 0.6) is 0 Å². The quantitative estimate of drug-likeness (QED) is 0.346. The summed E-state index contributed by atoms with van der Waals surface area (Å²) in [5, 5.41) is 0. The summed E-state index contributed by atoms with van der Waals surface area (Å²) >= 11 is 0. The fraction of sp³-hybridized carbons (Fsp3) is 0.517. The number of esters is 1. The number of fused-ring (bicyclic) bond motifs is 3. The number of hydrogen-bond acceptors (Lipinski definition) is 4. The minimum absolute atomic E-state index is 0.103. The first-order valence-electron chi connectivity index (χ1n) is 13.0. The number of carbonyl (C=O) groups excluding carboxylic acids is 2. The zero-order valence-corrected chi connectivity index (χ0v) is 20.3. The highest BCUT2D eigenvalue weighted by Gasteiger charge is 2.49. The molecule has 0 saturated carbocycles. The van der Waals surface area contributed by atoms with Crippen molar-refractivity contribution in [1.82, 2.24) is 4.90 Å². The maximum absolute atomic E-state index is 13.7. The third-order valence-corrected chi connectivity index (χ3v) is 8.41. The fourth-order valence-corrected chi connectivity index (χ4v) is 6.23. The first kappa shape index (κ1) is 23.3. The average Bonchev–Trinajstić information content (AvgIpc) is 2.87. The highest BCUT2D eigenvalue weighted by atomic mass is 16.5. The maximum Gasteiger partial charge on any atom is 0.328 e. The van der Waals surface area contributed by atoms with E-state index in [1.54, 1.807) is 0 Å². The molecule has 5 nitrogen and oxygen atoms in total. The van der Waals surface area contributed by atoms with E-state index in [2.05, 4.69) is 11.8 Å². The third-order valence-electron chi connectivity index (χ3n) is 8.41. The highest BCUT2D eigenvalue weighted by Crippen LogP contribution is 2.37. The van der Waals surface area contributed by atoms with E-state index in [1.807, 2.05) is 60.7 Å². The van der Waals surface area contributed by atoms with Gasteiger partial charge in [-0.25, -0.2) is 4.79 Å². The largest absolute Gasteiger partial charge is 0.455 e. The van der Waals surface area contributed by atoms with Gasteiger partial charge >= 0.3 is 5.97 Å². The summed E-state index contributed by atoms with van der Waals surface area (Å²) < 4.78 is 7.08. The topological polar surface area (TPSA) is 46.6 Å². The molecule has 2 aromatic carbocycles. The monoisotopic (exact) mass is 461 g/mol. The van der Waals surface area contributed by atoms with Crippen molar-refractivity contribution in [2.24, 2.45) is 11.8 Å². The van der Waals surface area contributed by atoms with E-state index in [0.717, 1.165) is 74.0 Å². The van der Waals surface area contributed by atoms with Crippen molar-refractivity contribution in [3.8, 4) is 0 Å². The smallest absolute Gasteiger partial charge is 0.328 e. The van der Waals surface area contributed by atoms with Crippen LogP contribution in [-0.4, -0.2) is 66.5 Å². The predicted molar refractivity (Wildman–Crippen MR) is 132 cm³/mol. The van der Waals surface area contributed by atoms with E-state index < -0.39 is 0 Å². The molecule has 0 radical (unpaired) electrons. The Kier molecular flexibility index (Phi) is 6.84. The van der Waals surface area contributed by atoms with Crippen LogP contribution in [0.25, 0.3) is 0 Å². The van der Waals surface area contributed by atoms with Gasteiger partial charge in [-0.15, -0.1) is 0 Å². The van der Waals surface area contributed by atoms with Crippen LogP contribution < -0.4 is 0 Å². The van der Waals surface area contributed by atoms with Crippen molar-refractivity contribution < 1.29 is 18.8 Å². The van der Waals surface area contributed by atoms with Crippen LogP contribution in [0.1, 0.15) is 54.6 Å². The minimum atomic E-state index is -0.344. The molecule has 4 fully saturated rings. The SMILES string of the molecule is CC1CCN(C(C(=O)O[C@H]2C[N+]3(CC(=O)c4ccccc4)CCC2CC3)c2ccccc2)CC1. The minimum Gasteiger partial charge on any atom is -0.455 e. The maximum atomic E-state index is 13.7. The number of Topliss-reactive ketones (excluding diaryl/α,β-unsaturated/α-hetero) is 1. The number of quaternary nitrogens is 1. The van der Waals surface area contributed by atoms with Crippen molar-refractivity contribution in [3.63, 3.8) is 0 Å². The van der Waals surface area contributed by atoms with Gasteiger partial charge in [0.05, 0.1) is 13.1 Å². The lowest BCUT2D eigenvalue weighted by Crippen LogP contribution is -2.66. The lowest BCUT2D eigenvalue weighted by molar-refractivity contribution is -0.938. The van der Waals surface area contributed by atoms with E-state index in [9.17, 15) is 9.59 Å². The number of carbonyl (C=O) groups is 2. The normalized spacial score (nSPS) is 28.4. The van der Waals surface area contributed by atoms with Gasteiger partial charge in [-0.05, 0) is 37.4 Å². The van der Waals surface area contributed by atoms with Crippen molar-refractivity contribution in [1.29, 1.82) is 0 Å². The molecule has 0 N–H and O–H groups in total. The Morgan fingerprint density at radius 1 is 0.941 bits per heavy atom. The standard InChI is InChI=1S/C29H37N2O3/c1-22-12-16-30(17-13-22)28(25-10-6-3-7-11-25)29(33)34-27-21-31(18-14-24(27)15-19-31)20-26(32)23-8-4-2-5-9-23/h2-11,22,24,27-28H,12-21H2,1H3/q+1/t24?,27-,28?,31?/m0/s1. The van der Waals surface area contributed by atoms with Crippen LogP contribution in [0.2, 0.25) is 0 Å². The number of nitrogens with zero attached hydrogens (tertiary/aromatic N) is 2. The summed E-state index contributed by atoms with van der Waals surface area (Å²) in [4.78, 5) is 29.0. The van der Waals surface area contributed by atoms with Crippen LogP contribution in [-0.2, 0) is 9.53 Å². The van der Waals surface area contributed by atoms with Gasteiger partial charge in [-0.3, -0.25) is 9.69 Å². The number of ketones is 1. The van der Waals surface area contributed by atoms with Gasteiger partial charge in [0.25, 0.3) is 0 Å². The first-order valence-corrected chi connectivity index (χ1v) is 13.0. The van der Waals surface area contributed by atoms with E-state index in [4.69, 9.17) is 4.74 Å². The van der Waals surface area contributed by atoms with Crippen molar-refractivity contribution in [2.75, 3.05) is 39.3 Å². The number of piperidine rings is 4. The summed E-state index contributed by atoms with van der Waals surface area (Å²) in [7, 11) is 0. The summed E-state index contributed by atoms with van der Waals surface area (Å²) in [6, 6.07) is 19.3. The van der Waals surface area contributed by atoms with Gasteiger partial charge in [-0.1, -0.05) is 67.6 Å². The molecule has 4 heterocycles.